The van der Waals surface area contributed by atoms with Crippen LogP contribution < -0.4 is 41.1 Å². The molecule has 24 nitrogen and oxygen atoms in total. The first-order valence-electron chi connectivity index (χ1n) is 38.7. The number of rotatable bonds is 45. The van der Waals surface area contributed by atoms with Crippen LogP contribution in [0.4, 0.5) is 4.79 Å². The minimum absolute atomic E-state index is 0.00166. The van der Waals surface area contributed by atoms with E-state index in [1.807, 2.05) is 255 Å². The van der Waals surface area contributed by atoms with Crippen LogP contribution in [0.25, 0.3) is 0 Å². The van der Waals surface area contributed by atoms with Crippen LogP contribution in [-0.4, -0.2) is 141 Å². The first kappa shape index (κ1) is 90.0. The van der Waals surface area contributed by atoms with Gasteiger partial charge < -0.3 is 82.7 Å². The summed E-state index contributed by atoms with van der Waals surface area (Å²) in [5, 5.41) is 65.5. The van der Waals surface area contributed by atoms with Gasteiger partial charge in [-0.25, -0.2) is 25.2 Å². The van der Waals surface area contributed by atoms with Crippen LogP contribution >= 0.6 is 0 Å². The van der Waals surface area contributed by atoms with Crippen molar-refractivity contribution >= 4 is 18.0 Å². The van der Waals surface area contributed by atoms with E-state index in [4.69, 9.17) is 57.9 Å². The van der Waals surface area contributed by atoms with Gasteiger partial charge in [0.2, 0.25) is 0 Å². The Bertz CT molecular complexity index is 4510. The maximum absolute atomic E-state index is 14.3. The highest BCUT2D eigenvalue weighted by Gasteiger charge is 2.41. The fourth-order valence-corrected chi connectivity index (χ4v) is 12.0. The van der Waals surface area contributed by atoms with E-state index in [0.717, 1.165) is 44.5 Å². The van der Waals surface area contributed by atoms with Crippen molar-refractivity contribution in [2.45, 2.75) is 166 Å². The van der Waals surface area contributed by atoms with E-state index >= 15 is 0 Å². The monoisotopic (exact) mass is 1600 g/mol. The standard InChI is InChI=1S/C49H58N2O11.C44H50N2O9/c1-48(2,3)62-47(56)50-51-49(4,28-39-25-26-40(57-30-35-17-9-5-10-18-35)41(27-39)58-31-36-19-11-6-12-20-36)46(55)61-34-43(60-33-38-23-15-8-16-24-38)45(54)44(53)42(29-52)59-32-37-21-13-7-14-22-37;1-44(46-45,25-36-22-23-37(51-27-32-14-6-2-7-15-32)38(24-36)52-28-33-16-8-3-9-17-33)43(50)55-31-40(54-30-35-20-12-5-13-21-35)42(49)41(48)39(26-47)53-29-34-18-10-4-11-19-34/h5-27,42-45,51-54H,28-34H2,1-4H3,(H,50,56);2-24,39-42,46-49H,25-31,45H2,1H3/t42-,43-,44-,45-,49?;39-,40-,41-,42-,44?/m11/s1. The van der Waals surface area contributed by atoms with Gasteiger partial charge >= 0.3 is 18.0 Å². The van der Waals surface area contributed by atoms with Crippen LogP contribution in [0.15, 0.2) is 279 Å². The quantitative estimate of drug-likeness (QED) is 0.00733. The number of nitrogens with one attached hydrogen (secondary N) is 3. The fourth-order valence-electron chi connectivity index (χ4n) is 12.0. The zero-order valence-electron chi connectivity index (χ0n) is 66.6. The number of hydrazine groups is 2. The second-order valence-electron chi connectivity index (χ2n) is 29.4. The van der Waals surface area contributed by atoms with Gasteiger partial charge in [0.1, 0.15) is 105 Å². The highest BCUT2D eigenvalue weighted by Crippen LogP contribution is 2.34. The van der Waals surface area contributed by atoms with Crippen molar-refractivity contribution in [1.82, 2.24) is 16.3 Å². The molecule has 10 aromatic carbocycles. The Morgan fingerprint density at radius 3 is 0.872 bits per heavy atom. The molecular formula is C93H108N4O20. The van der Waals surface area contributed by atoms with E-state index in [2.05, 4.69) is 16.3 Å². The van der Waals surface area contributed by atoms with E-state index in [1.54, 1.807) is 58.9 Å². The van der Waals surface area contributed by atoms with Crippen molar-refractivity contribution in [2.75, 3.05) is 26.4 Å². The molecule has 0 saturated carbocycles. The number of carbonyl (C=O) groups excluding carboxylic acids is 3. The summed E-state index contributed by atoms with van der Waals surface area (Å²) in [7, 11) is 0. The van der Waals surface area contributed by atoms with E-state index in [0.29, 0.717) is 53.9 Å². The van der Waals surface area contributed by atoms with Crippen molar-refractivity contribution in [1.29, 1.82) is 0 Å². The Balaban J connectivity index is 0.000000269. The Morgan fingerprint density at radius 2 is 0.590 bits per heavy atom. The first-order chi connectivity index (χ1) is 56.6. The van der Waals surface area contributed by atoms with Crippen molar-refractivity contribution < 1.29 is 97.1 Å². The molecule has 10 aromatic rings. The molecule has 0 aliphatic heterocycles. The minimum atomic E-state index is -1.67. The van der Waals surface area contributed by atoms with Gasteiger partial charge in [0.05, 0.1) is 39.6 Å². The van der Waals surface area contributed by atoms with Gasteiger partial charge in [-0.1, -0.05) is 255 Å². The number of ether oxygens (including phenoxy) is 11. The van der Waals surface area contributed by atoms with Crippen molar-refractivity contribution in [3.63, 3.8) is 0 Å². The summed E-state index contributed by atoms with van der Waals surface area (Å²) < 4.78 is 65.6. The molecule has 0 aromatic heterocycles. The van der Waals surface area contributed by atoms with E-state index in [1.165, 1.54) is 0 Å². The molecule has 0 aliphatic carbocycles. The molecule has 0 aliphatic rings. The fraction of sp³-hybridized carbons (Fsp3) is 0.323. The summed E-state index contributed by atoms with van der Waals surface area (Å²) in [4.78, 5) is 40.9. The summed E-state index contributed by atoms with van der Waals surface area (Å²) in [6.07, 6.45) is -12.1. The van der Waals surface area contributed by atoms with Crippen LogP contribution in [0, 0.1) is 0 Å². The van der Waals surface area contributed by atoms with Crippen LogP contribution in [0.5, 0.6) is 23.0 Å². The molecule has 0 fully saturated rings. The summed E-state index contributed by atoms with van der Waals surface area (Å²) >= 11 is 0. The molecule has 0 radical (unpaired) electrons. The number of aliphatic hydroxyl groups excluding tert-OH is 6. The Labute approximate surface area is 683 Å². The molecule has 0 spiro atoms. The molecule has 11 N–H and O–H groups in total. The highest BCUT2D eigenvalue weighted by atomic mass is 16.6. The second-order valence-corrected chi connectivity index (χ2v) is 29.4. The zero-order chi connectivity index (χ0) is 83.3. The topological polar surface area (TPSA) is 336 Å². The molecule has 0 saturated heterocycles. The van der Waals surface area contributed by atoms with Crippen LogP contribution in [0.2, 0.25) is 0 Å². The number of amides is 1. The minimum Gasteiger partial charge on any atom is -0.485 e. The lowest BCUT2D eigenvalue weighted by Crippen LogP contribution is -2.60. The van der Waals surface area contributed by atoms with E-state index in [9.17, 15) is 45.0 Å². The summed E-state index contributed by atoms with van der Waals surface area (Å²) in [6, 6.07) is 86.5. The van der Waals surface area contributed by atoms with Gasteiger partial charge in [-0.05, 0) is 115 Å². The predicted octanol–water partition coefficient (Wildman–Crippen LogP) is 11.6. The number of carbonyl (C=O) groups is 3. The predicted molar refractivity (Wildman–Crippen MR) is 440 cm³/mol. The average molecular weight is 1600 g/mol. The molecule has 0 bridgehead atoms. The van der Waals surface area contributed by atoms with Crippen LogP contribution in [0.3, 0.4) is 0 Å². The van der Waals surface area contributed by atoms with Gasteiger partial charge in [0.25, 0.3) is 0 Å². The summed E-state index contributed by atoms with van der Waals surface area (Å²) in [5.74, 6) is 6.37. The maximum Gasteiger partial charge on any atom is 0.422 e. The van der Waals surface area contributed by atoms with Crippen LogP contribution in [0.1, 0.15) is 90.3 Å². The number of aliphatic hydroxyl groups is 6. The summed E-state index contributed by atoms with van der Waals surface area (Å²) in [5.41, 5.74) is 12.4. The van der Waals surface area contributed by atoms with Gasteiger partial charge in [-0.2, -0.15) is 0 Å². The lowest BCUT2D eigenvalue weighted by Gasteiger charge is -2.33. The molecule has 620 valence electrons. The second kappa shape index (κ2) is 46.7. The van der Waals surface area contributed by atoms with E-state index in [-0.39, 0.29) is 45.9 Å². The Morgan fingerprint density at radius 1 is 0.333 bits per heavy atom. The number of nitrogens with two attached hydrogens (primary N) is 1. The van der Waals surface area contributed by atoms with Gasteiger partial charge in [0, 0.05) is 12.8 Å². The SMILES string of the molecule is CC(C)(C)OC(=O)NNC(C)(Cc1ccc(OCc2ccccc2)c(OCc2ccccc2)c1)C(=O)OC[C@@H](OCc1ccccc1)[C@@H](O)[C@H](O)[C@@H](CO)OCc1ccccc1.CC(Cc1ccc(OCc2ccccc2)c(OCc2ccccc2)c1)(NN)C(=O)OC[C@@H](OCc1ccccc1)[C@@H](O)[C@H](O)[C@@H](CO)OCc1ccccc1. The van der Waals surface area contributed by atoms with Crippen molar-refractivity contribution in [3.05, 3.63) is 335 Å². The van der Waals surface area contributed by atoms with E-state index < -0.39 is 110 Å². The first-order valence-corrected chi connectivity index (χ1v) is 38.7. The molecule has 0 heterocycles. The molecule has 10 rings (SSSR count). The lowest BCUT2D eigenvalue weighted by atomic mass is 9.93. The molecule has 10 atom stereocenters. The third-order valence-corrected chi connectivity index (χ3v) is 18.7. The zero-order valence-corrected chi connectivity index (χ0v) is 66.6. The normalized spacial score (nSPS) is 14.5. The molecular weight excluding hydrogens is 1490 g/mol. The number of benzene rings is 10. The van der Waals surface area contributed by atoms with Gasteiger partial charge in [-0.3, -0.25) is 11.3 Å². The Kier molecular flexibility index (Phi) is 36.0. The third-order valence-electron chi connectivity index (χ3n) is 18.7. The largest absolute Gasteiger partial charge is 0.485 e. The van der Waals surface area contributed by atoms with Crippen molar-refractivity contribution in [2.24, 2.45) is 5.84 Å². The molecule has 1 amide bonds. The lowest BCUT2D eigenvalue weighted by molar-refractivity contribution is -0.176. The van der Waals surface area contributed by atoms with Crippen molar-refractivity contribution in [3.8, 4) is 23.0 Å². The maximum atomic E-state index is 14.3. The average Bonchev–Trinajstić information content (AvgIpc) is 0.818. The number of esters is 2. The smallest absolute Gasteiger partial charge is 0.422 e. The Hall–Kier alpha value is -10.9. The molecule has 2 unspecified atom stereocenters. The molecule has 117 heavy (non-hydrogen) atoms. The third kappa shape index (κ3) is 30.0. The van der Waals surface area contributed by atoms with Crippen LogP contribution in [-0.2, 0) is 108 Å². The highest BCUT2D eigenvalue weighted by molar-refractivity contribution is 5.82. The molecule has 24 heteroatoms. The van der Waals surface area contributed by atoms with Gasteiger partial charge in [0.15, 0.2) is 23.0 Å². The number of hydrogen-bond donors (Lipinski definition) is 10. The van der Waals surface area contributed by atoms with Gasteiger partial charge in [-0.15, -0.1) is 0 Å². The summed E-state index contributed by atoms with van der Waals surface area (Å²) in [6.45, 7) is 7.52. The number of hydrogen-bond acceptors (Lipinski definition) is 23.